The highest BCUT2D eigenvalue weighted by Crippen LogP contribution is 2.26. The lowest BCUT2D eigenvalue weighted by Gasteiger charge is -2.25. The number of carbonyl (C=O) groups excluding carboxylic acids is 1. The van der Waals surface area contributed by atoms with E-state index in [1.54, 1.807) is 29.2 Å². The Morgan fingerprint density at radius 3 is 2.44 bits per heavy atom. The molecule has 0 unspecified atom stereocenters. The fourth-order valence-electron chi connectivity index (χ4n) is 3.43. The molecule has 1 heterocycles. The minimum atomic E-state index is -0.620. The van der Waals surface area contributed by atoms with Gasteiger partial charge in [-0.15, -0.1) is 0 Å². The first kappa shape index (κ1) is 19.5. The highest BCUT2D eigenvalue weighted by molar-refractivity contribution is 5.94. The van der Waals surface area contributed by atoms with Crippen LogP contribution in [0.1, 0.15) is 10.4 Å². The van der Waals surface area contributed by atoms with E-state index in [0.29, 0.717) is 37.4 Å². The molecule has 144 valence electrons. The normalized spacial score (nSPS) is 17.8. The van der Waals surface area contributed by atoms with Gasteiger partial charge in [0.25, 0.3) is 5.91 Å². The van der Waals surface area contributed by atoms with E-state index >= 15 is 0 Å². The van der Waals surface area contributed by atoms with Gasteiger partial charge in [-0.25, -0.2) is 8.78 Å². The molecule has 1 amide bonds. The first-order chi connectivity index (χ1) is 13.0. The first-order valence-corrected chi connectivity index (χ1v) is 9.02. The van der Waals surface area contributed by atoms with Crippen LogP contribution in [0.3, 0.4) is 0 Å². The molecular formula is C21H24F2N2O2. The number of amides is 1. The zero-order valence-electron chi connectivity index (χ0n) is 15.6. The molecule has 0 N–H and O–H groups in total. The Balaban J connectivity index is 1.77. The molecule has 0 aliphatic carbocycles. The van der Waals surface area contributed by atoms with Crippen LogP contribution in [-0.4, -0.2) is 62.7 Å². The minimum absolute atomic E-state index is 0.0780. The summed E-state index contributed by atoms with van der Waals surface area (Å²) in [6, 6.07) is 10.2. The van der Waals surface area contributed by atoms with E-state index in [2.05, 4.69) is 4.90 Å². The molecule has 0 radical (unpaired) electrons. The molecule has 0 saturated carbocycles. The smallest absolute Gasteiger partial charge is 0.253 e. The van der Waals surface area contributed by atoms with Gasteiger partial charge in [-0.3, -0.25) is 4.79 Å². The van der Waals surface area contributed by atoms with Gasteiger partial charge in [-0.2, -0.15) is 0 Å². The highest BCUT2D eigenvalue weighted by Gasteiger charge is 2.24. The summed E-state index contributed by atoms with van der Waals surface area (Å²) in [6.45, 7) is 3.14. The lowest BCUT2D eigenvalue weighted by molar-refractivity contribution is 0.0735. The number of benzene rings is 2. The Labute approximate surface area is 158 Å². The standard InChI is InChI=1S/C21H24F2N2O2/c1-24(2)12-15-13-25(10-11-27-14-15)21(26)17-8-6-16(7-9-17)20-18(22)4-3-5-19(20)23/h3-9,15H,10-14H2,1-2H3/t15-/m0/s1. The summed E-state index contributed by atoms with van der Waals surface area (Å²) in [5, 5.41) is 0. The number of halogens is 2. The van der Waals surface area contributed by atoms with E-state index in [1.807, 2.05) is 14.1 Å². The average molecular weight is 374 g/mol. The van der Waals surface area contributed by atoms with Crippen molar-refractivity contribution in [2.24, 2.45) is 5.92 Å². The maximum absolute atomic E-state index is 13.9. The van der Waals surface area contributed by atoms with Gasteiger partial charge in [-0.1, -0.05) is 18.2 Å². The van der Waals surface area contributed by atoms with E-state index in [-0.39, 0.29) is 17.4 Å². The summed E-state index contributed by atoms with van der Waals surface area (Å²) in [5.74, 6) is -1.08. The van der Waals surface area contributed by atoms with Crippen LogP contribution >= 0.6 is 0 Å². The molecule has 0 aromatic heterocycles. The first-order valence-electron chi connectivity index (χ1n) is 9.02. The van der Waals surface area contributed by atoms with Crippen LogP contribution < -0.4 is 0 Å². The molecule has 2 aromatic carbocycles. The van der Waals surface area contributed by atoms with Gasteiger partial charge in [-0.05, 0) is 43.9 Å². The van der Waals surface area contributed by atoms with Crippen molar-refractivity contribution in [2.45, 2.75) is 0 Å². The Morgan fingerprint density at radius 2 is 1.81 bits per heavy atom. The van der Waals surface area contributed by atoms with Gasteiger partial charge < -0.3 is 14.5 Å². The van der Waals surface area contributed by atoms with E-state index < -0.39 is 11.6 Å². The van der Waals surface area contributed by atoms with E-state index in [0.717, 1.165) is 6.54 Å². The Bertz CT molecular complexity index is 773. The molecule has 6 heteroatoms. The third kappa shape index (κ3) is 4.70. The van der Waals surface area contributed by atoms with Crippen molar-refractivity contribution in [3.05, 3.63) is 59.7 Å². The lowest BCUT2D eigenvalue weighted by atomic mass is 10.0. The third-order valence-corrected chi connectivity index (χ3v) is 4.63. The zero-order valence-corrected chi connectivity index (χ0v) is 15.6. The Hall–Kier alpha value is -2.31. The van der Waals surface area contributed by atoms with Crippen molar-refractivity contribution >= 4 is 5.91 Å². The Kier molecular flexibility index (Phi) is 6.19. The number of carbonyl (C=O) groups is 1. The highest BCUT2D eigenvalue weighted by atomic mass is 19.1. The summed E-state index contributed by atoms with van der Waals surface area (Å²) >= 11 is 0. The van der Waals surface area contributed by atoms with Gasteiger partial charge in [0.15, 0.2) is 0 Å². The van der Waals surface area contributed by atoms with E-state index in [1.165, 1.54) is 18.2 Å². The number of hydrogen-bond donors (Lipinski definition) is 0. The van der Waals surface area contributed by atoms with Gasteiger partial charge in [0.1, 0.15) is 11.6 Å². The zero-order chi connectivity index (χ0) is 19.4. The topological polar surface area (TPSA) is 32.8 Å². The molecule has 3 rings (SSSR count). The maximum Gasteiger partial charge on any atom is 0.253 e. The number of hydrogen-bond acceptors (Lipinski definition) is 3. The van der Waals surface area contributed by atoms with Gasteiger partial charge in [0.05, 0.1) is 18.8 Å². The number of ether oxygens (including phenoxy) is 1. The average Bonchev–Trinajstić information content (AvgIpc) is 2.86. The monoisotopic (exact) mass is 374 g/mol. The van der Waals surface area contributed by atoms with Crippen LogP contribution in [0.4, 0.5) is 8.78 Å². The summed E-state index contributed by atoms with van der Waals surface area (Å²) in [7, 11) is 4.00. The van der Waals surface area contributed by atoms with Crippen LogP contribution in [0.5, 0.6) is 0 Å². The largest absolute Gasteiger partial charge is 0.379 e. The van der Waals surface area contributed by atoms with Crippen LogP contribution in [0.25, 0.3) is 11.1 Å². The molecule has 4 nitrogen and oxygen atoms in total. The van der Waals surface area contributed by atoms with Crippen LogP contribution in [-0.2, 0) is 4.74 Å². The van der Waals surface area contributed by atoms with Gasteiger partial charge in [0.2, 0.25) is 0 Å². The molecule has 1 aliphatic heterocycles. The molecular weight excluding hydrogens is 350 g/mol. The third-order valence-electron chi connectivity index (χ3n) is 4.63. The minimum Gasteiger partial charge on any atom is -0.379 e. The van der Waals surface area contributed by atoms with Crippen LogP contribution in [0.15, 0.2) is 42.5 Å². The second-order valence-electron chi connectivity index (χ2n) is 7.13. The Morgan fingerprint density at radius 1 is 1.15 bits per heavy atom. The predicted molar refractivity (Wildman–Crippen MR) is 101 cm³/mol. The molecule has 1 atom stereocenters. The van der Waals surface area contributed by atoms with E-state index in [4.69, 9.17) is 4.74 Å². The SMILES string of the molecule is CN(C)C[C@@H]1COCCN(C(=O)c2ccc(-c3c(F)cccc3F)cc2)C1. The van der Waals surface area contributed by atoms with Gasteiger partial charge >= 0.3 is 0 Å². The molecule has 1 aliphatic rings. The summed E-state index contributed by atoms with van der Waals surface area (Å²) in [5.41, 5.74) is 0.832. The number of nitrogens with zero attached hydrogens (tertiary/aromatic N) is 2. The maximum atomic E-state index is 13.9. The van der Waals surface area contributed by atoms with Crippen molar-refractivity contribution in [3.63, 3.8) is 0 Å². The fraction of sp³-hybridized carbons (Fsp3) is 0.381. The predicted octanol–water partition coefficient (Wildman–Crippen LogP) is 3.28. The summed E-state index contributed by atoms with van der Waals surface area (Å²) in [4.78, 5) is 16.7. The molecule has 1 saturated heterocycles. The van der Waals surface area contributed by atoms with Crippen molar-refractivity contribution in [3.8, 4) is 11.1 Å². The summed E-state index contributed by atoms with van der Waals surface area (Å²) in [6.07, 6.45) is 0. The fourth-order valence-corrected chi connectivity index (χ4v) is 3.43. The van der Waals surface area contributed by atoms with E-state index in [9.17, 15) is 13.6 Å². The van der Waals surface area contributed by atoms with Gasteiger partial charge in [0, 0.05) is 31.1 Å². The molecule has 0 spiro atoms. The molecule has 27 heavy (non-hydrogen) atoms. The van der Waals surface area contributed by atoms with Crippen LogP contribution in [0, 0.1) is 17.6 Å². The molecule has 0 bridgehead atoms. The van der Waals surface area contributed by atoms with Crippen molar-refractivity contribution in [1.29, 1.82) is 0 Å². The van der Waals surface area contributed by atoms with Crippen molar-refractivity contribution < 1.29 is 18.3 Å². The van der Waals surface area contributed by atoms with Crippen LogP contribution in [0.2, 0.25) is 0 Å². The quantitative estimate of drug-likeness (QED) is 0.823. The number of rotatable bonds is 4. The summed E-state index contributed by atoms with van der Waals surface area (Å²) < 4.78 is 33.5. The second-order valence-corrected chi connectivity index (χ2v) is 7.13. The molecule has 2 aromatic rings. The van der Waals surface area contributed by atoms with Crippen molar-refractivity contribution in [1.82, 2.24) is 9.80 Å². The lowest BCUT2D eigenvalue weighted by Crippen LogP contribution is -2.38. The second kappa shape index (κ2) is 8.59. The van der Waals surface area contributed by atoms with Crippen molar-refractivity contribution in [2.75, 3.05) is 46.9 Å². The molecule has 1 fully saturated rings.